The molecular weight excluding hydrogens is 266 g/mol. The maximum Gasteiger partial charge on any atom is 0.204 e. The fourth-order valence-corrected chi connectivity index (χ4v) is 2.69. The molecule has 1 atom stereocenters. The number of nitrogens with one attached hydrogen (secondary N) is 2. The molecule has 0 bridgehead atoms. The highest BCUT2D eigenvalue weighted by Crippen LogP contribution is 2.30. The van der Waals surface area contributed by atoms with Gasteiger partial charge >= 0.3 is 0 Å². The first-order valence-electron chi connectivity index (χ1n) is 7.90. The number of hydrogen-bond donors (Lipinski definition) is 2. The van der Waals surface area contributed by atoms with E-state index in [9.17, 15) is 0 Å². The Morgan fingerprint density at radius 3 is 2.86 bits per heavy atom. The van der Waals surface area contributed by atoms with E-state index < -0.39 is 0 Å². The molecule has 2 heterocycles. The summed E-state index contributed by atoms with van der Waals surface area (Å²) in [6, 6.07) is 0.418. The number of likely N-dealkylation sites (tertiary alicyclic amines) is 1. The lowest BCUT2D eigenvalue weighted by molar-refractivity contribution is 0.226. The number of ether oxygens (including phenoxy) is 1. The Morgan fingerprint density at radius 2 is 2.14 bits per heavy atom. The highest BCUT2D eigenvalue weighted by Gasteiger charge is 2.21. The summed E-state index contributed by atoms with van der Waals surface area (Å²) in [5, 5.41) is 6.81. The molecule has 0 spiro atoms. The number of likely N-dealkylation sites (N-methyl/N-ethyl adjacent to an activating group) is 1. The topological polar surface area (TPSA) is 62.3 Å². The number of methoxy groups -OCH3 is 1. The highest BCUT2D eigenvalue weighted by atomic mass is 16.5. The zero-order chi connectivity index (χ0) is 15.1. The van der Waals surface area contributed by atoms with Crippen molar-refractivity contribution in [3.8, 4) is 5.75 Å². The number of hydrogen-bond acceptors (Lipinski definition) is 6. The number of rotatable bonds is 7. The van der Waals surface area contributed by atoms with Crippen molar-refractivity contribution in [3.63, 3.8) is 0 Å². The maximum absolute atomic E-state index is 5.50. The number of piperidine rings is 1. The van der Waals surface area contributed by atoms with Gasteiger partial charge < -0.3 is 20.3 Å². The summed E-state index contributed by atoms with van der Waals surface area (Å²) >= 11 is 0. The molecule has 1 aliphatic heterocycles. The van der Waals surface area contributed by atoms with E-state index in [1.807, 2.05) is 0 Å². The quantitative estimate of drug-likeness (QED) is 0.803. The monoisotopic (exact) mass is 293 g/mol. The van der Waals surface area contributed by atoms with Gasteiger partial charge in [-0.25, -0.2) is 9.97 Å². The van der Waals surface area contributed by atoms with Gasteiger partial charge in [-0.15, -0.1) is 0 Å². The first-order valence-corrected chi connectivity index (χ1v) is 7.90. The lowest BCUT2D eigenvalue weighted by atomic mass is 10.1. The van der Waals surface area contributed by atoms with Crippen LogP contribution in [0.4, 0.5) is 11.6 Å². The highest BCUT2D eigenvalue weighted by molar-refractivity contribution is 5.63. The van der Waals surface area contributed by atoms with Crippen molar-refractivity contribution in [1.82, 2.24) is 14.9 Å². The molecule has 1 aliphatic rings. The van der Waals surface area contributed by atoms with E-state index in [-0.39, 0.29) is 0 Å². The van der Waals surface area contributed by atoms with Gasteiger partial charge in [-0.1, -0.05) is 13.8 Å². The van der Waals surface area contributed by atoms with Crippen LogP contribution < -0.4 is 15.4 Å². The molecular formula is C15H27N5O. The second kappa shape index (κ2) is 8.02. The van der Waals surface area contributed by atoms with Crippen LogP contribution in [0.1, 0.15) is 33.1 Å². The zero-order valence-corrected chi connectivity index (χ0v) is 13.4. The van der Waals surface area contributed by atoms with Crippen molar-refractivity contribution >= 4 is 11.6 Å². The van der Waals surface area contributed by atoms with Gasteiger partial charge in [0.15, 0.2) is 11.6 Å². The smallest absolute Gasteiger partial charge is 0.204 e. The lowest BCUT2D eigenvalue weighted by Gasteiger charge is -2.32. The van der Waals surface area contributed by atoms with Crippen molar-refractivity contribution in [2.45, 2.75) is 39.2 Å². The Labute approximate surface area is 127 Å². The molecule has 1 aromatic rings. The standard InChI is InChI=1S/C15H27N5O/c1-4-8-16-14-13(21-3)15(18-11-17-14)19-12-7-6-9-20(5-2)10-12/h11-12H,4-10H2,1-3H3,(H2,16,17,18,19). The van der Waals surface area contributed by atoms with Crippen molar-refractivity contribution < 1.29 is 4.74 Å². The van der Waals surface area contributed by atoms with Gasteiger partial charge in [0.2, 0.25) is 5.75 Å². The summed E-state index contributed by atoms with van der Waals surface area (Å²) in [5.74, 6) is 2.26. The van der Waals surface area contributed by atoms with E-state index in [0.717, 1.165) is 37.7 Å². The molecule has 0 amide bonds. The van der Waals surface area contributed by atoms with E-state index in [1.165, 1.54) is 19.4 Å². The molecule has 0 aliphatic carbocycles. The first kappa shape index (κ1) is 15.8. The van der Waals surface area contributed by atoms with E-state index in [4.69, 9.17) is 4.74 Å². The molecule has 6 heteroatoms. The number of nitrogens with zero attached hydrogens (tertiary/aromatic N) is 3. The van der Waals surface area contributed by atoms with Crippen LogP contribution in [-0.2, 0) is 0 Å². The second-order valence-corrected chi connectivity index (χ2v) is 5.41. The predicted molar refractivity (Wildman–Crippen MR) is 86.1 cm³/mol. The average molecular weight is 293 g/mol. The normalized spacial score (nSPS) is 19.3. The Bertz CT molecular complexity index is 440. The Balaban J connectivity index is 2.08. The summed E-state index contributed by atoms with van der Waals surface area (Å²) in [6.45, 7) is 8.56. The van der Waals surface area contributed by atoms with Crippen LogP contribution in [0.25, 0.3) is 0 Å². The molecule has 2 N–H and O–H groups in total. The zero-order valence-electron chi connectivity index (χ0n) is 13.4. The van der Waals surface area contributed by atoms with E-state index in [0.29, 0.717) is 11.8 Å². The van der Waals surface area contributed by atoms with Gasteiger partial charge in [0, 0.05) is 19.1 Å². The third kappa shape index (κ3) is 4.20. The van der Waals surface area contributed by atoms with Crippen LogP contribution in [0.3, 0.4) is 0 Å². The van der Waals surface area contributed by atoms with Crippen molar-refractivity contribution in [2.24, 2.45) is 0 Å². The molecule has 0 saturated carbocycles. The Kier molecular flexibility index (Phi) is 6.04. The Morgan fingerprint density at radius 1 is 1.33 bits per heavy atom. The molecule has 1 fully saturated rings. The van der Waals surface area contributed by atoms with Crippen LogP contribution in [0.15, 0.2) is 6.33 Å². The molecule has 21 heavy (non-hydrogen) atoms. The molecule has 0 aromatic carbocycles. The maximum atomic E-state index is 5.50. The molecule has 6 nitrogen and oxygen atoms in total. The summed E-state index contributed by atoms with van der Waals surface area (Å²) in [4.78, 5) is 11.1. The number of anilines is 2. The summed E-state index contributed by atoms with van der Waals surface area (Å²) in [7, 11) is 1.67. The molecule has 0 radical (unpaired) electrons. The fraction of sp³-hybridized carbons (Fsp3) is 0.733. The molecule has 118 valence electrons. The van der Waals surface area contributed by atoms with Crippen molar-refractivity contribution in [1.29, 1.82) is 0 Å². The average Bonchev–Trinajstić information content (AvgIpc) is 2.53. The summed E-state index contributed by atoms with van der Waals surface area (Å²) in [6.07, 6.45) is 5.02. The third-order valence-electron chi connectivity index (χ3n) is 3.84. The molecule has 1 unspecified atom stereocenters. The van der Waals surface area contributed by atoms with Crippen LogP contribution in [0, 0.1) is 0 Å². The van der Waals surface area contributed by atoms with E-state index >= 15 is 0 Å². The minimum Gasteiger partial charge on any atom is -0.490 e. The van der Waals surface area contributed by atoms with E-state index in [2.05, 4.69) is 39.3 Å². The molecule has 1 aromatic heterocycles. The first-order chi connectivity index (χ1) is 10.3. The minimum absolute atomic E-state index is 0.418. The van der Waals surface area contributed by atoms with Gasteiger partial charge in [0.05, 0.1) is 7.11 Å². The summed E-state index contributed by atoms with van der Waals surface area (Å²) in [5.41, 5.74) is 0. The van der Waals surface area contributed by atoms with Gasteiger partial charge in [0.1, 0.15) is 6.33 Å². The minimum atomic E-state index is 0.418. The van der Waals surface area contributed by atoms with Crippen LogP contribution in [-0.4, -0.2) is 54.2 Å². The molecule has 1 saturated heterocycles. The van der Waals surface area contributed by atoms with Crippen molar-refractivity contribution in [3.05, 3.63) is 6.33 Å². The van der Waals surface area contributed by atoms with Gasteiger partial charge in [-0.2, -0.15) is 0 Å². The van der Waals surface area contributed by atoms with Crippen LogP contribution >= 0.6 is 0 Å². The summed E-state index contributed by atoms with van der Waals surface area (Å²) < 4.78 is 5.50. The second-order valence-electron chi connectivity index (χ2n) is 5.41. The van der Waals surface area contributed by atoms with Gasteiger partial charge in [0.25, 0.3) is 0 Å². The number of aromatic nitrogens is 2. The van der Waals surface area contributed by atoms with Crippen LogP contribution in [0.2, 0.25) is 0 Å². The van der Waals surface area contributed by atoms with Crippen molar-refractivity contribution in [2.75, 3.05) is 43.9 Å². The molecule has 2 rings (SSSR count). The van der Waals surface area contributed by atoms with Crippen LogP contribution in [0.5, 0.6) is 5.75 Å². The van der Waals surface area contributed by atoms with Gasteiger partial charge in [-0.3, -0.25) is 0 Å². The largest absolute Gasteiger partial charge is 0.490 e. The fourth-order valence-electron chi connectivity index (χ4n) is 2.69. The predicted octanol–water partition coefficient (Wildman–Crippen LogP) is 2.20. The lowest BCUT2D eigenvalue weighted by Crippen LogP contribution is -2.42. The van der Waals surface area contributed by atoms with Gasteiger partial charge in [-0.05, 0) is 32.4 Å². The third-order valence-corrected chi connectivity index (χ3v) is 3.84. The van der Waals surface area contributed by atoms with E-state index in [1.54, 1.807) is 13.4 Å². The SMILES string of the molecule is CCCNc1ncnc(NC2CCCN(CC)C2)c1OC. The Hall–Kier alpha value is -1.56.